The molecule has 0 unspecified atom stereocenters. The van der Waals surface area contributed by atoms with Gasteiger partial charge in [-0.1, -0.05) is 12.1 Å². The molecule has 3 aromatic rings. The molecule has 6 nitrogen and oxygen atoms in total. The number of methoxy groups -OCH3 is 2. The number of hydrogen-bond acceptors (Lipinski definition) is 4. The Morgan fingerprint density at radius 2 is 1.77 bits per heavy atom. The fraction of sp³-hybridized carbons (Fsp3) is 0.440. The topological polar surface area (TPSA) is 67.5 Å². The maximum atomic E-state index is 12.7. The minimum Gasteiger partial charge on any atom is -0.497 e. The van der Waals surface area contributed by atoms with E-state index in [2.05, 4.69) is 22.1 Å². The van der Waals surface area contributed by atoms with Crippen molar-refractivity contribution in [2.45, 2.75) is 38.5 Å². The number of benzene rings is 2. The number of amides is 1. The van der Waals surface area contributed by atoms with Gasteiger partial charge in [0.2, 0.25) is 5.91 Å². The fourth-order valence-corrected chi connectivity index (χ4v) is 4.36. The van der Waals surface area contributed by atoms with Crippen LogP contribution in [0.2, 0.25) is 0 Å². The fourth-order valence-electron chi connectivity index (χ4n) is 4.36. The highest BCUT2D eigenvalue weighted by Gasteiger charge is 2.22. The first-order valence-corrected chi connectivity index (χ1v) is 11.1. The lowest BCUT2D eigenvalue weighted by Crippen LogP contribution is -2.38. The molecule has 0 bridgehead atoms. The molecular formula is C25H31N3O3. The summed E-state index contributed by atoms with van der Waals surface area (Å²) >= 11 is 0. The number of nitrogens with one attached hydrogen (secondary N) is 1. The number of H-pyrrole nitrogens is 1. The number of hydrogen-bond donors (Lipinski definition) is 1. The van der Waals surface area contributed by atoms with Crippen molar-refractivity contribution < 1.29 is 14.3 Å². The average molecular weight is 422 g/mol. The van der Waals surface area contributed by atoms with E-state index in [9.17, 15) is 4.79 Å². The van der Waals surface area contributed by atoms with Gasteiger partial charge in [-0.15, -0.1) is 0 Å². The minimum absolute atomic E-state index is 0.233. The predicted molar refractivity (Wildman–Crippen MR) is 122 cm³/mol. The molecule has 2 heterocycles. The van der Waals surface area contributed by atoms with E-state index in [0.29, 0.717) is 18.8 Å². The van der Waals surface area contributed by atoms with Crippen LogP contribution in [0.25, 0.3) is 11.0 Å². The summed E-state index contributed by atoms with van der Waals surface area (Å²) < 4.78 is 10.7. The second-order valence-corrected chi connectivity index (χ2v) is 8.28. The quantitative estimate of drug-likeness (QED) is 0.586. The standard InChI is InChI=1S/C25H31N3O3/c1-30-20-15-19(16-21(17-20)31-2)8-7-18-11-13-28(14-12-18)25(29)10-9-24-26-22-5-3-4-6-23(22)27-24/h3-6,15-18H,7-14H2,1-2H3,(H,26,27). The summed E-state index contributed by atoms with van der Waals surface area (Å²) in [7, 11) is 3.36. The van der Waals surface area contributed by atoms with Gasteiger partial charge >= 0.3 is 0 Å². The van der Waals surface area contributed by atoms with E-state index in [0.717, 1.165) is 67.1 Å². The first-order valence-electron chi connectivity index (χ1n) is 11.1. The van der Waals surface area contributed by atoms with E-state index in [-0.39, 0.29) is 5.91 Å². The third kappa shape index (κ3) is 5.37. The molecule has 0 atom stereocenters. The summed E-state index contributed by atoms with van der Waals surface area (Å²) in [6, 6.07) is 14.0. The normalized spacial score (nSPS) is 14.7. The van der Waals surface area contributed by atoms with E-state index in [1.807, 2.05) is 35.2 Å². The Kier molecular flexibility index (Phi) is 6.75. The number of carbonyl (C=O) groups excluding carboxylic acids is 1. The molecule has 6 heteroatoms. The smallest absolute Gasteiger partial charge is 0.223 e. The molecule has 0 spiro atoms. The van der Waals surface area contributed by atoms with E-state index in [4.69, 9.17) is 9.47 Å². The molecule has 1 aliphatic heterocycles. The number of rotatable bonds is 8. The van der Waals surface area contributed by atoms with Crippen LogP contribution < -0.4 is 9.47 Å². The number of para-hydroxylation sites is 2. The van der Waals surface area contributed by atoms with Crippen molar-refractivity contribution in [3.63, 3.8) is 0 Å². The van der Waals surface area contributed by atoms with Gasteiger partial charge in [-0.3, -0.25) is 4.79 Å². The van der Waals surface area contributed by atoms with Gasteiger partial charge < -0.3 is 19.4 Å². The van der Waals surface area contributed by atoms with Gasteiger partial charge in [0.05, 0.1) is 25.3 Å². The van der Waals surface area contributed by atoms with Crippen LogP contribution in [0.15, 0.2) is 42.5 Å². The largest absolute Gasteiger partial charge is 0.497 e. The number of nitrogens with zero attached hydrogens (tertiary/aromatic N) is 2. The van der Waals surface area contributed by atoms with E-state index in [1.165, 1.54) is 5.56 Å². The lowest BCUT2D eigenvalue weighted by Gasteiger charge is -2.32. The zero-order valence-electron chi connectivity index (χ0n) is 18.4. The molecule has 1 aliphatic rings. The van der Waals surface area contributed by atoms with Gasteiger partial charge in [-0.25, -0.2) is 4.98 Å². The minimum atomic E-state index is 0.233. The number of aryl methyl sites for hydroxylation is 2. The van der Waals surface area contributed by atoms with Crippen molar-refractivity contribution in [2.75, 3.05) is 27.3 Å². The van der Waals surface area contributed by atoms with Crippen LogP contribution in [0.3, 0.4) is 0 Å². The van der Waals surface area contributed by atoms with Crippen molar-refractivity contribution in [2.24, 2.45) is 5.92 Å². The van der Waals surface area contributed by atoms with Crippen molar-refractivity contribution in [1.29, 1.82) is 0 Å². The predicted octanol–water partition coefficient (Wildman–Crippen LogP) is 4.38. The maximum Gasteiger partial charge on any atom is 0.223 e. The van der Waals surface area contributed by atoms with E-state index >= 15 is 0 Å². The molecule has 164 valence electrons. The number of fused-ring (bicyclic) bond motifs is 1. The monoisotopic (exact) mass is 421 g/mol. The number of carbonyl (C=O) groups is 1. The van der Waals surface area contributed by atoms with Crippen LogP contribution in [-0.4, -0.2) is 48.1 Å². The zero-order chi connectivity index (χ0) is 21.6. The lowest BCUT2D eigenvalue weighted by atomic mass is 9.90. The number of ether oxygens (including phenoxy) is 2. The molecular weight excluding hydrogens is 390 g/mol. The van der Waals surface area contributed by atoms with Gasteiger partial charge in [0, 0.05) is 32.0 Å². The Morgan fingerprint density at radius 1 is 1.06 bits per heavy atom. The Bertz CT molecular complexity index is 967. The van der Waals surface area contributed by atoms with Gasteiger partial charge in [0.15, 0.2) is 0 Å². The van der Waals surface area contributed by atoms with Crippen LogP contribution in [-0.2, 0) is 17.6 Å². The number of likely N-dealkylation sites (tertiary alicyclic amines) is 1. The average Bonchev–Trinajstić information content (AvgIpc) is 3.24. The van der Waals surface area contributed by atoms with Crippen molar-refractivity contribution in [1.82, 2.24) is 14.9 Å². The van der Waals surface area contributed by atoms with Gasteiger partial charge in [0.1, 0.15) is 17.3 Å². The third-order valence-electron chi connectivity index (χ3n) is 6.23. The summed E-state index contributed by atoms with van der Waals surface area (Å²) in [5.41, 5.74) is 3.22. The number of aromatic amines is 1. The van der Waals surface area contributed by atoms with Crippen LogP contribution in [0, 0.1) is 5.92 Å². The van der Waals surface area contributed by atoms with Crippen molar-refractivity contribution in [3.8, 4) is 11.5 Å². The van der Waals surface area contributed by atoms with Gasteiger partial charge in [-0.2, -0.15) is 0 Å². The molecule has 1 amide bonds. The Balaban J connectivity index is 1.22. The van der Waals surface area contributed by atoms with Crippen LogP contribution in [0.5, 0.6) is 11.5 Å². The number of piperidine rings is 1. The van der Waals surface area contributed by atoms with Crippen LogP contribution in [0.4, 0.5) is 0 Å². The van der Waals surface area contributed by atoms with Crippen LogP contribution in [0.1, 0.15) is 37.1 Å². The van der Waals surface area contributed by atoms with Crippen molar-refractivity contribution >= 4 is 16.9 Å². The number of imidazole rings is 1. The summed E-state index contributed by atoms with van der Waals surface area (Å²) in [5, 5.41) is 0. The molecule has 4 rings (SSSR count). The first kappa shape index (κ1) is 21.2. The Labute approximate surface area is 183 Å². The van der Waals surface area contributed by atoms with Gasteiger partial charge in [0.25, 0.3) is 0 Å². The third-order valence-corrected chi connectivity index (χ3v) is 6.23. The molecule has 1 N–H and O–H groups in total. The molecule has 0 aliphatic carbocycles. The summed E-state index contributed by atoms with van der Waals surface area (Å²) in [6.07, 6.45) is 5.42. The lowest BCUT2D eigenvalue weighted by molar-refractivity contribution is -0.132. The van der Waals surface area contributed by atoms with E-state index < -0.39 is 0 Å². The molecule has 1 fully saturated rings. The first-order chi connectivity index (χ1) is 15.1. The zero-order valence-corrected chi connectivity index (χ0v) is 18.4. The Morgan fingerprint density at radius 3 is 2.45 bits per heavy atom. The number of aromatic nitrogens is 2. The molecule has 0 radical (unpaired) electrons. The second kappa shape index (κ2) is 9.86. The van der Waals surface area contributed by atoms with Crippen LogP contribution >= 0.6 is 0 Å². The molecule has 1 aromatic heterocycles. The summed E-state index contributed by atoms with van der Waals surface area (Å²) in [4.78, 5) is 22.6. The molecule has 2 aromatic carbocycles. The molecule has 0 saturated carbocycles. The maximum absolute atomic E-state index is 12.7. The highest BCUT2D eigenvalue weighted by molar-refractivity contribution is 5.77. The second-order valence-electron chi connectivity index (χ2n) is 8.28. The van der Waals surface area contributed by atoms with Crippen molar-refractivity contribution in [3.05, 3.63) is 53.9 Å². The summed E-state index contributed by atoms with van der Waals surface area (Å²) in [6.45, 7) is 1.70. The highest BCUT2D eigenvalue weighted by atomic mass is 16.5. The van der Waals surface area contributed by atoms with E-state index in [1.54, 1.807) is 14.2 Å². The molecule has 31 heavy (non-hydrogen) atoms. The Hall–Kier alpha value is -3.02. The van der Waals surface area contributed by atoms with Gasteiger partial charge in [-0.05, 0) is 61.4 Å². The molecule has 1 saturated heterocycles. The highest BCUT2D eigenvalue weighted by Crippen LogP contribution is 2.27. The summed E-state index contributed by atoms with van der Waals surface area (Å²) in [5.74, 6) is 3.43. The SMILES string of the molecule is COc1cc(CCC2CCN(C(=O)CCc3nc4ccccc4[nH]3)CC2)cc(OC)c1.